The molecule has 23 nitrogen and oxygen atoms in total. The number of hydrogen-bond acceptors (Lipinski definition) is 20. The van der Waals surface area contributed by atoms with Crippen LogP contribution in [0.4, 0.5) is 0 Å². The molecule has 2 heterocycles. The Balaban J connectivity index is 0.000000161. The van der Waals surface area contributed by atoms with Gasteiger partial charge < -0.3 is 79.3 Å². The van der Waals surface area contributed by atoms with E-state index in [1.165, 1.54) is 37.4 Å². The number of carboxylic acids is 1. The van der Waals surface area contributed by atoms with E-state index in [-0.39, 0.29) is 60.6 Å². The lowest BCUT2D eigenvalue weighted by atomic mass is 10.1. The molecule has 5 aliphatic rings. The first kappa shape index (κ1) is 93.3. The number of thioether (sulfide) groups is 2. The summed E-state index contributed by atoms with van der Waals surface area (Å²) in [7, 11) is 4.93. The molecule has 5 N–H and O–H groups in total. The first-order valence-corrected chi connectivity index (χ1v) is 44.5. The summed E-state index contributed by atoms with van der Waals surface area (Å²) in [6, 6.07) is 82.4. The number of nitrogens with two attached hydrogens (primary N) is 1. The van der Waals surface area contributed by atoms with E-state index in [9.17, 15) is 34.6 Å². The number of para-hydroxylation sites is 1. The molecule has 3 amide bonds. The fourth-order valence-electron chi connectivity index (χ4n) is 14.9. The quantitative estimate of drug-likeness (QED) is 0.00361. The number of methoxy groups -OCH3 is 3. The predicted octanol–water partition coefficient (Wildman–Crippen LogP) is 18.2. The van der Waals surface area contributed by atoms with Gasteiger partial charge in [0.2, 0.25) is 11.8 Å². The van der Waals surface area contributed by atoms with Crippen LogP contribution in [0.15, 0.2) is 277 Å². The standard InChI is InChI=1S/C30H31N3O6S.C30H33NO4S.C16H17NO2S.C14H18O3.C8H9NO2/c1-35-26-17-16-21(18-27(26)37-23-12-8-9-13-23)19-28-33(25(20-36-28)22-10-4-2-5-11-22)30(34)29(32-31)40-39-38-24-14-6-3-7-15-24;1-33-27-17-16-22(18-28(27)35-24-12-8-9-13-24)19-30-31(26(20-34-30)23-10-4-2-5-11-23)29(32)21-36-25-14-6-3-7-15-25;18-11-15(13-7-3-1-4-8-13)17-16(19)12-20-14-9-5-2-6-10-14;1-16-13-7-6-11(8-9-15)10-14(13)17-12-4-2-3-5-12;9-7(8(10)11)6-4-2-1-3-5-6/h2-7,10-11,14-18,23,25,28H,8-9,12-13,19-20H2,1H3;2-7,10-11,14-18,24,26,30H,8-9,12-13,19-21H2,1H3;1-10,15,18H,11-12H2,(H,17,19);6-7,9-10,12H,2-5,8H2,1H3;1-5,7H,9H2,(H,10,11)/t25-,28?;26-,30?;15-;;7-/m000.1/s1. The van der Waals surface area contributed by atoms with Crippen LogP contribution < -0.4 is 44.4 Å². The van der Waals surface area contributed by atoms with Crippen LogP contribution in [0.25, 0.3) is 5.53 Å². The Morgan fingerprint density at radius 2 is 0.895 bits per heavy atom. The molecule has 26 heteroatoms. The smallest absolute Gasteiger partial charge is 0.444 e. The molecule has 10 aromatic rings. The summed E-state index contributed by atoms with van der Waals surface area (Å²) >= 11 is 3.58. The molecule has 3 saturated carbocycles. The van der Waals surface area contributed by atoms with Crippen molar-refractivity contribution in [3.63, 3.8) is 0 Å². The fourth-order valence-corrected chi connectivity index (χ4v) is 16.8. The number of aliphatic hydroxyl groups excluding tert-OH is 1. The number of carbonyl (C=O) groups is 5. The van der Waals surface area contributed by atoms with Crippen molar-refractivity contribution in [2.45, 2.75) is 161 Å². The normalized spacial score (nSPS) is 17.0. The number of ether oxygens (including phenoxy) is 8. The van der Waals surface area contributed by atoms with Crippen LogP contribution in [0.5, 0.6) is 40.2 Å². The Hall–Kier alpha value is -11.4. The number of benzene rings is 10. The van der Waals surface area contributed by atoms with Crippen LogP contribution in [0.1, 0.15) is 140 Å². The maximum Gasteiger partial charge on any atom is 0.444 e. The molecule has 0 spiro atoms. The van der Waals surface area contributed by atoms with Gasteiger partial charge in [-0.05, 0) is 189 Å². The Kier molecular flexibility index (Phi) is 37.9. The highest BCUT2D eigenvalue weighted by atomic mass is 32.2. The van der Waals surface area contributed by atoms with Gasteiger partial charge in [-0.3, -0.25) is 24.1 Å². The van der Waals surface area contributed by atoms with Crippen LogP contribution in [0.3, 0.4) is 0 Å². The average Bonchev–Trinajstić information content (AvgIpc) is 1.64. The molecule has 3 aliphatic carbocycles. The van der Waals surface area contributed by atoms with Gasteiger partial charge in [-0.1, -0.05) is 194 Å². The lowest BCUT2D eigenvalue weighted by Gasteiger charge is -2.29. The molecule has 124 heavy (non-hydrogen) atoms. The number of rotatable bonds is 31. The van der Waals surface area contributed by atoms with Gasteiger partial charge in [0.25, 0.3) is 0 Å². The van der Waals surface area contributed by atoms with Crippen molar-refractivity contribution in [1.29, 1.82) is 0 Å². The molecule has 15 rings (SSSR count). The zero-order valence-electron chi connectivity index (χ0n) is 69.9. The van der Waals surface area contributed by atoms with Crippen molar-refractivity contribution in [2.24, 2.45) is 5.73 Å². The van der Waals surface area contributed by atoms with Crippen LogP contribution in [0, 0.1) is 0 Å². The molecule has 0 bridgehead atoms. The lowest BCUT2D eigenvalue weighted by molar-refractivity contribution is -0.139. The Labute approximate surface area is 738 Å². The SMILES string of the molecule is COc1ccc(CC2OC[C@@H](c3ccccc3)N2C(=O)C(=[N+]=[N-])SOOc2ccccc2)cc1OC1CCCC1.COc1ccc(CC2OC[C@@H](c3ccccc3)N2C(=O)CSc2ccccc2)cc1OC1CCCC1.COc1ccc(CC=O)cc1OC1CCCC1.N[C@@H](C(=O)O)c1ccccc1.O=C(CSc1ccccc1)N[C@@H](CO)c1ccccc1. The number of hydrogen-bond donors (Lipinski definition) is 4. The van der Waals surface area contributed by atoms with Gasteiger partial charge in [0.05, 0.1) is 89.1 Å². The van der Waals surface area contributed by atoms with Crippen LogP contribution in [0.2, 0.25) is 0 Å². The van der Waals surface area contributed by atoms with Crippen molar-refractivity contribution < 1.29 is 86.1 Å². The second kappa shape index (κ2) is 50.4. The fraction of sp³-hybridized carbons (Fsp3) is 0.327. The molecule has 2 aliphatic heterocycles. The van der Waals surface area contributed by atoms with Crippen LogP contribution in [-0.4, -0.2) is 143 Å². The van der Waals surface area contributed by atoms with E-state index < -0.39 is 30.2 Å². The van der Waals surface area contributed by atoms with Crippen molar-refractivity contribution >= 4 is 70.6 Å². The molecule has 0 aromatic heterocycles. The van der Waals surface area contributed by atoms with E-state index in [4.69, 9.17) is 58.0 Å². The number of carboxylic acid groups (broad SMARTS) is 1. The van der Waals surface area contributed by atoms with E-state index in [0.717, 1.165) is 124 Å². The minimum atomic E-state index is -1.00. The average molecular weight is 1740 g/mol. The van der Waals surface area contributed by atoms with Crippen LogP contribution >= 0.6 is 35.6 Å². The molecule has 2 saturated heterocycles. The first-order chi connectivity index (χ1) is 60.7. The van der Waals surface area contributed by atoms with Gasteiger partial charge >= 0.3 is 16.9 Å². The van der Waals surface area contributed by atoms with Gasteiger partial charge in [-0.15, -0.1) is 27.9 Å². The monoisotopic (exact) mass is 1740 g/mol. The third-order valence-electron chi connectivity index (χ3n) is 21.3. The van der Waals surface area contributed by atoms with E-state index in [2.05, 4.69) is 28.3 Å². The third-order valence-corrected chi connectivity index (χ3v) is 23.9. The minimum Gasteiger partial charge on any atom is -0.493 e. The Morgan fingerprint density at radius 1 is 0.508 bits per heavy atom. The number of aldehydes is 1. The summed E-state index contributed by atoms with van der Waals surface area (Å²) in [4.78, 5) is 74.2. The highest BCUT2D eigenvalue weighted by Gasteiger charge is 2.45. The van der Waals surface area contributed by atoms with E-state index in [0.29, 0.717) is 78.3 Å². The summed E-state index contributed by atoms with van der Waals surface area (Å²) in [6.07, 6.45) is 15.7. The number of amides is 3. The maximum atomic E-state index is 13.8. The molecule has 2 unspecified atom stereocenters. The molecular formula is C98H108N6O17S3. The lowest BCUT2D eigenvalue weighted by Crippen LogP contribution is -2.42. The zero-order chi connectivity index (χ0) is 87.0. The third kappa shape index (κ3) is 28.6. The first-order valence-electron chi connectivity index (χ1n) is 41.7. The summed E-state index contributed by atoms with van der Waals surface area (Å²) < 4.78 is 52.5. The topological polar surface area (TPSA) is 299 Å². The summed E-state index contributed by atoms with van der Waals surface area (Å²) in [5.41, 5.74) is 21.6. The number of nitrogens with one attached hydrogen (secondary N) is 1. The molecule has 6 atom stereocenters. The van der Waals surface area contributed by atoms with Gasteiger partial charge in [0.15, 0.2) is 52.3 Å². The Morgan fingerprint density at radius 3 is 1.31 bits per heavy atom. The molecule has 0 radical (unpaired) electrons. The summed E-state index contributed by atoms with van der Waals surface area (Å²) in [6.45, 7) is 0.663. The van der Waals surface area contributed by atoms with Crippen molar-refractivity contribution in [3.05, 3.63) is 311 Å². The number of aliphatic carboxylic acids is 1. The summed E-state index contributed by atoms with van der Waals surface area (Å²) in [5, 5.41) is 20.5. The maximum absolute atomic E-state index is 13.8. The largest absolute Gasteiger partial charge is 0.493 e. The van der Waals surface area contributed by atoms with Gasteiger partial charge in [-0.25, -0.2) is 0 Å². The van der Waals surface area contributed by atoms with Gasteiger partial charge in [0, 0.05) is 29.1 Å². The number of aliphatic hydroxyl groups is 1. The van der Waals surface area contributed by atoms with Crippen molar-refractivity contribution in [2.75, 3.05) is 52.7 Å². The summed E-state index contributed by atoms with van der Waals surface area (Å²) in [5.74, 6) is 3.97. The van der Waals surface area contributed by atoms with E-state index in [1.807, 2.05) is 205 Å². The number of nitrogens with zero attached hydrogens (tertiary/aromatic N) is 4. The predicted molar refractivity (Wildman–Crippen MR) is 480 cm³/mol. The number of carbonyl (C=O) groups excluding carboxylic acids is 4. The van der Waals surface area contributed by atoms with Crippen molar-refractivity contribution in [1.82, 2.24) is 15.1 Å². The molecule has 650 valence electrons. The highest BCUT2D eigenvalue weighted by molar-refractivity contribution is 8.11. The molecular weight excluding hydrogens is 1630 g/mol. The molecule has 10 aromatic carbocycles. The second-order valence-corrected chi connectivity index (χ2v) is 32.6. The van der Waals surface area contributed by atoms with E-state index >= 15 is 0 Å². The van der Waals surface area contributed by atoms with Crippen LogP contribution in [-0.2, 0) is 57.0 Å². The van der Waals surface area contributed by atoms with Gasteiger partial charge in [0.1, 0.15) is 24.8 Å². The zero-order valence-corrected chi connectivity index (χ0v) is 72.4. The van der Waals surface area contributed by atoms with E-state index in [1.54, 1.807) is 86.5 Å². The van der Waals surface area contributed by atoms with Crippen molar-refractivity contribution in [3.8, 4) is 40.2 Å². The highest BCUT2D eigenvalue weighted by Crippen LogP contribution is 2.40. The van der Waals surface area contributed by atoms with Gasteiger partial charge in [-0.2, -0.15) is 4.79 Å². The Bertz CT molecular complexity index is 4960. The molecule has 5 fully saturated rings. The minimum absolute atomic E-state index is 0.0798. The second-order valence-electron chi connectivity index (χ2n) is 29.8.